The largest absolute Gasteiger partial charge is 0.486 e. The molecule has 0 radical (unpaired) electrons. The Kier molecular flexibility index (Phi) is 5.53. The normalized spacial score (nSPS) is 12.1. The van der Waals surface area contributed by atoms with Crippen LogP contribution in [0.25, 0.3) is 0 Å². The number of carbonyl (C=O) groups excluding carboxylic acids is 2. The van der Waals surface area contributed by atoms with Crippen molar-refractivity contribution < 1.29 is 24.0 Å². The molecule has 146 valence electrons. The van der Waals surface area contributed by atoms with Gasteiger partial charge in [-0.1, -0.05) is 0 Å². The lowest BCUT2D eigenvalue weighted by Gasteiger charge is -2.19. The van der Waals surface area contributed by atoms with Gasteiger partial charge in [0, 0.05) is 36.9 Å². The molecule has 0 spiro atoms. The Labute approximate surface area is 158 Å². The number of ether oxygens (including phenoxy) is 2. The molecule has 3 amide bonds. The summed E-state index contributed by atoms with van der Waals surface area (Å²) in [5.74, 6) is 0.407. The SMILES string of the molecule is O=C(CCn1cc([N+](=O)[O-])ccc1=O)NC(=O)Nc1ccc2c(c1)OCCO2. The van der Waals surface area contributed by atoms with Gasteiger partial charge in [0.05, 0.1) is 11.1 Å². The van der Waals surface area contributed by atoms with Crippen LogP contribution in [0, 0.1) is 10.1 Å². The van der Waals surface area contributed by atoms with E-state index >= 15 is 0 Å². The maximum absolute atomic E-state index is 11.9. The average Bonchev–Trinajstić information content (AvgIpc) is 2.67. The van der Waals surface area contributed by atoms with Crippen LogP contribution >= 0.6 is 0 Å². The van der Waals surface area contributed by atoms with Crippen LogP contribution in [-0.2, 0) is 11.3 Å². The zero-order valence-corrected chi connectivity index (χ0v) is 14.5. The van der Waals surface area contributed by atoms with E-state index in [-0.39, 0.29) is 18.7 Å². The minimum atomic E-state index is -0.756. The number of rotatable bonds is 5. The molecule has 1 aromatic heterocycles. The number of hydrogen-bond donors (Lipinski definition) is 2. The lowest BCUT2D eigenvalue weighted by atomic mass is 10.2. The zero-order chi connectivity index (χ0) is 20.1. The lowest BCUT2D eigenvalue weighted by molar-refractivity contribution is -0.385. The number of amides is 3. The molecule has 11 nitrogen and oxygen atoms in total. The number of carbonyl (C=O) groups is 2. The molecule has 0 fully saturated rings. The number of nitrogens with zero attached hydrogens (tertiary/aromatic N) is 2. The van der Waals surface area contributed by atoms with Gasteiger partial charge < -0.3 is 19.4 Å². The molecule has 1 aromatic carbocycles. The Morgan fingerprint density at radius 2 is 1.89 bits per heavy atom. The molecule has 2 heterocycles. The summed E-state index contributed by atoms with van der Waals surface area (Å²) in [4.78, 5) is 45.7. The van der Waals surface area contributed by atoms with Gasteiger partial charge in [-0.05, 0) is 12.1 Å². The van der Waals surface area contributed by atoms with Crippen molar-refractivity contribution in [1.29, 1.82) is 0 Å². The molecule has 0 saturated carbocycles. The van der Waals surface area contributed by atoms with Gasteiger partial charge in [0.25, 0.3) is 11.2 Å². The Balaban J connectivity index is 1.54. The molecule has 1 aliphatic rings. The van der Waals surface area contributed by atoms with Crippen molar-refractivity contribution in [2.75, 3.05) is 18.5 Å². The highest BCUT2D eigenvalue weighted by Crippen LogP contribution is 2.32. The second-order valence-corrected chi connectivity index (χ2v) is 5.79. The van der Waals surface area contributed by atoms with Gasteiger partial charge in [0.2, 0.25) is 5.91 Å². The number of urea groups is 1. The number of pyridine rings is 1. The van der Waals surface area contributed by atoms with E-state index in [1.54, 1.807) is 18.2 Å². The van der Waals surface area contributed by atoms with Crippen molar-refractivity contribution in [2.24, 2.45) is 0 Å². The van der Waals surface area contributed by atoms with Gasteiger partial charge in [-0.25, -0.2) is 4.79 Å². The van der Waals surface area contributed by atoms with Crippen molar-refractivity contribution in [3.63, 3.8) is 0 Å². The number of benzene rings is 1. The zero-order valence-electron chi connectivity index (χ0n) is 14.5. The number of aromatic nitrogens is 1. The highest BCUT2D eigenvalue weighted by molar-refractivity contribution is 6.01. The first-order chi connectivity index (χ1) is 13.4. The third kappa shape index (κ3) is 4.63. The van der Waals surface area contributed by atoms with Gasteiger partial charge >= 0.3 is 6.03 Å². The molecule has 0 aliphatic carbocycles. The van der Waals surface area contributed by atoms with Crippen LogP contribution < -0.4 is 25.7 Å². The molecule has 28 heavy (non-hydrogen) atoms. The van der Waals surface area contributed by atoms with Gasteiger partial charge in [0.15, 0.2) is 11.5 Å². The highest BCUT2D eigenvalue weighted by Gasteiger charge is 2.14. The molecule has 1 aliphatic heterocycles. The van der Waals surface area contributed by atoms with Crippen molar-refractivity contribution in [3.8, 4) is 11.5 Å². The summed E-state index contributed by atoms with van der Waals surface area (Å²) in [6.45, 7) is 0.740. The predicted molar refractivity (Wildman–Crippen MR) is 96.6 cm³/mol. The molecule has 0 saturated heterocycles. The van der Waals surface area contributed by atoms with Crippen LogP contribution in [-0.4, -0.2) is 34.6 Å². The Morgan fingerprint density at radius 1 is 1.14 bits per heavy atom. The van der Waals surface area contributed by atoms with Crippen molar-refractivity contribution >= 4 is 23.3 Å². The third-order valence-corrected chi connectivity index (χ3v) is 3.81. The maximum atomic E-state index is 11.9. The Hall–Kier alpha value is -3.89. The number of hydrogen-bond acceptors (Lipinski definition) is 7. The first-order valence-corrected chi connectivity index (χ1v) is 8.28. The monoisotopic (exact) mass is 388 g/mol. The smallest absolute Gasteiger partial charge is 0.325 e. The molecular formula is C17H16N4O7. The number of imide groups is 1. The van der Waals surface area contributed by atoms with Crippen LogP contribution in [0.5, 0.6) is 11.5 Å². The summed E-state index contributed by atoms with van der Waals surface area (Å²) in [5.41, 5.74) is -0.347. The number of fused-ring (bicyclic) bond motifs is 1. The minimum Gasteiger partial charge on any atom is -0.486 e. The summed E-state index contributed by atoms with van der Waals surface area (Å²) in [7, 11) is 0. The topological polar surface area (TPSA) is 142 Å². The molecule has 11 heteroatoms. The molecule has 0 bridgehead atoms. The van der Waals surface area contributed by atoms with E-state index in [1.807, 2.05) is 0 Å². The summed E-state index contributed by atoms with van der Waals surface area (Å²) < 4.78 is 11.8. The predicted octanol–water partition coefficient (Wildman–Crippen LogP) is 1.27. The molecule has 3 rings (SSSR count). The van der Waals surface area contributed by atoms with Crippen molar-refractivity contribution in [3.05, 3.63) is 57.0 Å². The van der Waals surface area contributed by atoms with Gasteiger partial charge in [-0.15, -0.1) is 0 Å². The Bertz CT molecular complexity index is 986. The highest BCUT2D eigenvalue weighted by atomic mass is 16.6. The Morgan fingerprint density at radius 3 is 2.64 bits per heavy atom. The maximum Gasteiger partial charge on any atom is 0.325 e. The molecule has 0 atom stereocenters. The average molecular weight is 388 g/mol. The summed E-state index contributed by atoms with van der Waals surface area (Å²) >= 11 is 0. The molecular weight excluding hydrogens is 372 g/mol. The lowest BCUT2D eigenvalue weighted by Crippen LogP contribution is -2.35. The van der Waals surface area contributed by atoms with Crippen LogP contribution in [0.15, 0.2) is 41.3 Å². The van der Waals surface area contributed by atoms with Gasteiger partial charge in [-0.3, -0.25) is 25.0 Å². The fraction of sp³-hybridized carbons (Fsp3) is 0.235. The first-order valence-electron chi connectivity index (χ1n) is 8.28. The van der Waals surface area contributed by atoms with E-state index in [4.69, 9.17) is 9.47 Å². The second-order valence-electron chi connectivity index (χ2n) is 5.79. The van der Waals surface area contributed by atoms with E-state index in [2.05, 4.69) is 10.6 Å². The van der Waals surface area contributed by atoms with E-state index < -0.39 is 22.4 Å². The fourth-order valence-electron chi connectivity index (χ4n) is 2.50. The summed E-state index contributed by atoms with van der Waals surface area (Å²) in [6.07, 6.45) is 0.834. The van der Waals surface area contributed by atoms with Crippen molar-refractivity contribution in [1.82, 2.24) is 9.88 Å². The minimum absolute atomic E-state index is 0.107. The standard InChI is InChI=1S/C17H16N4O7/c22-15(5-6-20-10-12(21(25)26)2-4-16(20)23)19-17(24)18-11-1-3-13-14(9-11)28-8-7-27-13/h1-4,9-10H,5-8H2,(H2,18,19,22,24). The molecule has 2 N–H and O–H groups in total. The fourth-order valence-corrected chi connectivity index (χ4v) is 2.50. The number of aryl methyl sites for hydroxylation is 1. The van der Waals surface area contributed by atoms with E-state index in [1.165, 1.54) is 0 Å². The molecule has 2 aromatic rings. The number of nitro groups is 1. The van der Waals surface area contributed by atoms with Crippen LogP contribution in [0.4, 0.5) is 16.2 Å². The van der Waals surface area contributed by atoms with E-state index in [0.29, 0.717) is 30.4 Å². The van der Waals surface area contributed by atoms with Gasteiger partial charge in [-0.2, -0.15) is 0 Å². The van der Waals surface area contributed by atoms with Gasteiger partial charge in [0.1, 0.15) is 13.2 Å². The molecule has 0 unspecified atom stereocenters. The summed E-state index contributed by atoms with van der Waals surface area (Å²) in [5, 5.41) is 15.4. The number of anilines is 1. The number of nitrogens with one attached hydrogen (secondary N) is 2. The first kappa shape index (κ1) is 18.9. The third-order valence-electron chi connectivity index (χ3n) is 3.81. The van der Waals surface area contributed by atoms with E-state index in [9.17, 15) is 24.5 Å². The quantitative estimate of drug-likeness (QED) is 0.580. The van der Waals surface area contributed by atoms with Crippen LogP contribution in [0.3, 0.4) is 0 Å². The second kappa shape index (κ2) is 8.20. The van der Waals surface area contributed by atoms with Crippen molar-refractivity contribution in [2.45, 2.75) is 13.0 Å². The summed E-state index contributed by atoms with van der Waals surface area (Å²) in [6, 6.07) is 6.18. The van der Waals surface area contributed by atoms with E-state index in [0.717, 1.165) is 22.9 Å². The van der Waals surface area contributed by atoms with Crippen LogP contribution in [0.2, 0.25) is 0 Å². The van der Waals surface area contributed by atoms with Crippen LogP contribution in [0.1, 0.15) is 6.42 Å².